The minimum atomic E-state index is -0.134. The summed E-state index contributed by atoms with van der Waals surface area (Å²) in [4.78, 5) is 25.9. The Labute approximate surface area is 125 Å². The fourth-order valence-corrected chi connectivity index (χ4v) is 7.20. The van der Waals surface area contributed by atoms with E-state index in [1.165, 1.54) is 4.57 Å². The van der Waals surface area contributed by atoms with Gasteiger partial charge in [-0.25, -0.2) is 23.5 Å². The molecule has 4 aliphatic carbocycles. The van der Waals surface area contributed by atoms with E-state index in [4.69, 9.17) is 0 Å². The minimum absolute atomic E-state index is 0.134. The molecule has 2 aliphatic heterocycles. The summed E-state index contributed by atoms with van der Waals surface area (Å²) in [6, 6.07) is 9.91. The number of benzene rings is 1. The number of nitrogens with zero attached hydrogens (tertiary/aromatic N) is 3. The van der Waals surface area contributed by atoms with Crippen LogP contribution in [0.25, 0.3) is 5.69 Å². The van der Waals surface area contributed by atoms with Crippen LogP contribution < -0.4 is 11.4 Å². The number of hydrogen-bond acceptors (Lipinski definition) is 2. The lowest BCUT2D eigenvalue weighted by Crippen LogP contribution is -2.45. The molecule has 0 unspecified atom stereocenters. The Morgan fingerprint density at radius 1 is 0.864 bits per heavy atom. The third-order valence-corrected chi connectivity index (χ3v) is 7.68. The van der Waals surface area contributed by atoms with E-state index in [2.05, 4.69) is 6.92 Å². The number of rotatable bonds is 1. The highest BCUT2D eigenvalue weighted by atomic mass is 16.2. The van der Waals surface area contributed by atoms with Crippen LogP contribution in [-0.2, 0) is 0 Å². The topological polar surface area (TPSA) is 48.9 Å². The Balaban J connectivity index is 1.57. The van der Waals surface area contributed by atoms with Crippen molar-refractivity contribution in [3.63, 3.8) is 0 Å². The number of hydrogen-bond donors (Lipinski definition) is 0. The molecule has 0 spiro atoms. The molecule has 0 N–H and O–H groups in total. The van der Waals surface area contributed by atoms with Gasteiger partial charge in [-0.1, -0.05) is 25.1 Å². The summed E-state index contributed by atoms with van der Waals surface area (Å²) in [7, 11) is 0. The molecule has 4 fully saturated rings. The van der Waals surface area contributed by atoms with E-state index in [1.807, 2.05) is 39.7 Å². The summed E-state index contributed by atoms with van der Waals surface area (Å²) in [6.07, 6.45) is 0. The molecule has 22 heavy (non-hydrogen) atoms. The largest absolute Gasteiger partial charge is 0.352 e. The molecule has 1 aromatic carbocycles. The van der Waals surface area contributed by atoms with Gasteiger partial charge in [0.2, 0.25) is 0 Å². The third-order valence-electron chi connectivity index (χ3n) is 7.68. The molecule has 2 aromatic rings. The van der Waals surface area contributed by atoms with Crippen LogP contribution in [0.4, 0.5) is 0 Å². The predicted molar refractivity (Wildman–Crippen MR) is 77.9 cm³/mol. The molecule has 0 saturated heterocycles. The van der Waals surface area contributed by atoms with E-state index in [0.717, 1.165) is 5.92 Å². The maximum absolute atomic E-state index is 13.0. The Bertz CT molecular complexity index is 942. The van der Waals surface area contributed by atoms with Crippen LogP contribution in [0.5, 0.6) is 0 Å². The fourth-order valence-electron chi connectivity index (χ4n) is 7.20. The highest BCUT2D eigenvalue weighted by Gasteiger charge is 2.95. The van der Waals surface area contributed by atoms with Crippen LogP contribution in [0, 0.1) is 35.0 Å². The number of aromatic nitrogens is 3. The first-order valence-electron chi connectivity index (χ1n) is 8.19. The third kappa shape index (κ3) is 0.733. The first-order valence-corrected chi connectivity index (χ1v) is 8.19. The summed E-state index contributed by atoms with van der Waals surface area (Å²) in [5, 5.41) is 0. The summed E-state index contributed by atoms with van der Waals surface area (Å²) < 4.78 is 5.04. The van der Waals surface area contributed by atoms with Gasteiger partial charge in [0.05, 0.1) is 17.8 Å². The van der Waals surface area contributed by atoms with Gasteiger partial charge in [-0.05, 0) is 47.1 Å². The van der Waals surface area contributed by atoms with E-state index in [9.17, 15) is 9.59 Å². The normalized spacial score (nSPS) is 50.1. The standard InChI is InChI=1S/C17H15N3O2/c1-17-10-8-9(10)14-12(17)11(17)13(8)19-15(21)18(16(22)20(14)19)7-5-3-2-4-6-7/h2-6,8-14H,1H3/t8-,9-,10?,11-,12-,13-,14-,17?/m0/s1. The van der Waals surface area contributed by atoms with Gasteiger partial charge in [0, 0.05) is 0 Å². The lowest BCUT2D eigenvalue weighted by atomic mass is 9.89. The maximum atomic E-state index is 13.0. The zero-order valence-electron chi connectivity index (χ0n) is 12.1. The van der Waals surface area contributed by atoms with E-state index in [1.54, 1.807) is 0 Å². The molecule has 6 aliphatic rings. The van der Waals surface area contributed by atoms with Crippen LogP contribution in [0.2, 0.25) is 0 Å². The van der Waals surface area contributed by atoms with Crippen molar-refractivity contribution in [2.24, 2.45) is 35.0 Å². The van der Waals surface area contributed by atoms with Gasteiger partial charge in [0.1, 0.15) is 0 Å². The highest BCUT2D eigenvalue weighted by Crippen LogP contribution is 2.97. The molecule has 0 radical (unpaired) electrons. The maximum Gasteiger partial charge on any atom is 0.352 e. The molecular weight excluding hydrogens is 278 g/mol. The van der Waals surface area contributed by atoms with Gasteiger partial charge in [-0.15, -0.1) is 0 Å². The summed E-state index contributed by atoms with van der Waals surface area (Å²) in [5.74, 6) is 3.44. The lowest BCUT2D eigenvalue weighted by molar-refractivity contribution is 0.112. The van der Waals surface area contributed by atoms with E-state index < -0.39 is 0 Å². The van der Waals surface area contributed by atoms with Crippen molar-refractivity contribution >= 4 is 0 Å². The summed E-state index contributed by atoms with van der Waals surface area (Å²) in [6.45, 7) is 2.40. The molecule has 6 atom stereocenters. The molecular formula is C17H15N3O2. The Morgan fingerprint density at radius 3 is 1.86 bits per heavy atom. The fraction of sp³-hybridized carbons (Fsp3) is 0.529. The van der Waals surface area contributed by atoms with Gasteiger partial charge in [0.15, 0.2) is 0 Å². The van der Waals surface area contributed by atoms with Crippen LogP contribution in [-0.4, -0.2) is 13.9 Å². The second-order valence-electron chi connectivity index (χ2n) is 8.00. The zero-order valence-corrected chi connectivity index (χ0v) is 12.1. The highest BCUT2D eigenvalue weighted by molar-refractivity contribution is 5.43. The van der Waals surface area contributed by atoms with Gasteiger partial charge >= 0.3 is 11.4 Å². The van der Waals surface area contributed by atoms with Crippen molar-refractivity contribution < 1.29 is 0 Å². The molecule has 1 aromatic heterocycles. The van der Waals surface area contributed by atoms with Crippen LogP contribution in [0.15, 0.2) is 39.9 Å². The SMILES string of the molecule is CC12C3[C@@H]4[C@@H]3[C@H]3[C@@H]1[C@H]2[C@H]4n1c(=O)n(-c2ccccc2)c(=O)n13. The summed E-state index contributed by atoms with van der Waals surface area (Å²) >= 11 is 0. The first kappa shape index (κ1) is 10.6. The van der Waals surface area contributed by atoms with Gasteiger partial charge < -0.3 is 0 Å². The second-order valence-corrected chi connectivity index (χ2v) is 8.00. The van der Waals surface area contributed by atoms with E-state index in [-0.39, 0.29) is 11.4 Å². The molecule has 3 heterocycles. The second kappa shape index (κ2) is 2.66. The lowest BCUT2D eigenvalue weighted by Gasteiger charge is -2.36. The molecule has 110 valence electrons. The van der Waals surface area contributed by atoms with Crippen molar-refractivity contribution in [2.75, 3.05) is 0 Å². The van der Waals surface area contributed by atoms with Gasteiger partial charge in [-0.2, -0.15) is 0 Å². The monoisotopic (exact) mass is 293 g/mol. The Morgan fingerprint density at radius 2 is 1.41 bits per heavy atom. The molecule has 5 nitrogen and oxygen atoms in total. The van der Waals surface area contributed by atoms with Crippen LogP contribution in [0.3, 0.4) is 0 Å². The van der Waals surface area contributed by atoms with Crippen molar-refractivity contribution in [1.29, 1.82) is 0 Å². The van der Waals surface area contributed by atoms with Crippen molar-refractivity contribution in [3.05, 3.63) is 51.3 Å². The summed E-state index contributed by atoms with van der Waals surface area (Å²) in [5.41, 5.74) is 0.856. The van der Waals surface area contributed by atoms with Crippen molar-refractivity contribution in [2.45, 2.75) is 19.0 Å². The quantitative estimate of drug-likeness (QED) is 0.789. The molecule has 5 heteroatoms. The Kier molecular flexibility index (Phi) is 1.29. The van der Waals surface area contributed by atoms with Gasteiger partial charge in [0.25, 0.3) is 0 Å². The molecule has 0 amide bonds. The van der Waals surface area contributed by atoms with Crippen molar-refractivity contribution in [3.8, 4) is 5.69 Å². The van der Waals surface area contributed by atoms with Crippen molar-refractivity contribution in [1.82, 2.24) is 13.9 Å². The van der Waals surface area contributed by atoms with Gasteiger partial charge in [-0.3, -0.25) is 0 Å². The molecule has 8 rings (SSSR count). The molecule has 2 bridgehead atoms. The van der Waals surface area contributed by atoms with Crippen LogP contribution in [0.1, 0.15) is 19.0 Å². The van der Waals surface area contributed by atoms with Crippen LogP contribution >= 0.6 is 0 Å². The number of para-hydroxylation sites is 1. The molecule has 4 saturated carbocycles. The Hall–Kier alpha value is -2.04. The minimum Gasteiger partial charge on any atom is -0.245 e. The first-order chi connectivity index (χ1) is 10.7. The van der Waals surface area contributed by atoms with E-state index >= 15 is 0 Å². The van der Waals surface area contributed by atoms with E-state index in [0.29, 0.717) is 46.9 Å². The predicted octanol–water partition coefficient (Wildman–Crippen LogP) is 1.04. The average molecular weight is 293 g/mol. The zero-order chi connectivity index (χ0) is 14.5. The average Bonchev–Trinajstić information content (AvgIpc) is 3.34. The smallest absolute Gasteiger partial charge is 0.245 e.